The number of hydrogen-bond donors (Lipinski definition) is 4. The molecule has 64 heavy (non-hydrogen) atoms. The van der Waals surface area contributed by atoms with Gasteiger partial charge in [0.1, 0.15) is 31.0 Å². The summed E-state index contributed by atoms with van der Waals surface area (Å²) >= 11 is 3.01. The largest absolute Gasteiger partial charge is 0.491 e. The van der Waals surface area contributed by atoms with Gasteiger partial charge in [-0.05, 0) is 54.7 Å². The summed E-state index contributed by atoms with van der Waals surface area (Å²) in [5.74, 6) is -0.663. The fraction of sp³-hybridized carbons (Fsp3) is 0.467. The van der Waals surface area contributed by atoms with Gasteiger partial charge in [0.25, 0.3) is 5.69 Å². The minimum Gasteiger partial charge on any atom is -0.491 e. The Bertz CT molecular complexity index is 2230. The molecule has 4 atom stereocenters. The SMILES string of the molecule is Cc1ncsc1-c1ccc(C(C)NC(=O)[C@@H]2C[C@@H](O)CN2C(=O)C(NC(=O)COCCOCCOCCOCCOc2ccc3c(c2)Sc2cc([N+](=O)[O-])ccc2N3)C(C)(C)C)cc1. The number of aliphatic hydroxyl groups excluding tert-OH is 1. The van der Waals surface area contributed by atoms with E-state index in [9.17, 15) is 29.6 Å². The monoisotopic (exact) mass is 920 g/mol. The first-order valence-corrected chi connectivity index (χ1v) is 22.8. The number of nitro groups is 1. The zero-order chi connectivity index (χ0) is 45.8. The highest BCUT2D eigenvalue weighted by atomic mass is 32.2. The predicted octanol–water partition coefficient (Wildman–Crippen LogP) is 6.05. The minimum absolute atomic E-state index is 0.0265. The lowest BCUT2D eigenvalue weighted by molar-refractivity contribution is -0.385. The molecule has 19 heteroatoms. The average Bonchev–Trinajstić information content (AvgIpc) is 3.89. The van der Waals surface area contributed by atoms with Crippen molar-refractivity contribution >= 4 is 57.9 Å². The van der Waals surface area contributed by atoms with Crippen molar-refractivity contribution in [3.05, 3.63) is 87.5 Å². The predicted molar refractivity (Wildman–Crippen MR) is 242 cm³/mol. The number of aliphatic hydroxyl groups is 1. The third kappa shape index (κ3) is 13.2. The number of benzene rings is 3. The zero-order valence-corrected chi connectivity index (χ0v) is 38.3. The number of aromatic nitrogens is 1. The normalized spacial score (nSPS) is 16.6. The van der Waals surface area contributed by atoms with Crippen molar-refractivity contribution in [3.63, 3.8) is 0 Å². The summed E-state index contributed by atoms with van der Waals surface area (Å²) in [5.41, 5.74) is 5.76. The molecule has 344 valence electrons. The average molecular weight is 921 g/mol. The Balaban J connectivity index is 0.819. The molecule has 2 unspecified atom stereocenters. The number of β-amino-alcohol motifs (C(OH)–C–C–N with tert-alkyl or cyclic N) is 1. The number of ether oxygens (including phenoxy) is 5. The number of rotatable bonds is 22. The van der Waals surface area contributed by atoms with E-state index in [0.29, 0.717) is 45.4 Å². The highest BCUT2D eigenvalue weighted by Crippen LogP contribution is 2.46. The van der Waals surface area contributed by atoms with Crippen LogP contribution in [-0.4, -0.2) is 122 Å². The van der Waals surface area contributed by atoms with Crippen molar-refractivity contribution in [2.24, 2.45) is 5.41 Å². The van der Waals surface area contributed by atoms with Crippen LogP contribution in [0.4, 0.5) is 17.1 Å². The van der Waals surface area contributed by atoms with Crippen LogP contribution in [0, 0.1) is 22.5 Å². The van der Waals surface area contributed by atoms with E-state index in [0.717, 1.165) is 42.9 Å². The number of nitrogens with one attached hydrogen (secondary N) is 3. The Morgan fingerprint density at radius 2 is 1.53 bits per heavy atom. The lowest BCUT2D eigenvalue weighted by Crippen LogP contribution is -2.58. The van der Waals surface area contributed by atoms with Crippen LogP contribution in [-0.2, 0) is 33.3 Å². The number of carbonyl (C=O) groups excluding carboxylic acids is 3. The van der Waals surface area contributed by atoms with Crippen LogP contribution < -0.4 is 20.7 Å². The van der Waals surface area contributed by atoms with Gasteiger partial charge in [-0.15, -0.1) is 11.3 Å². The number of hydrogen-bond acceptors (Lipinski definition) is 15. The summed E-state index contributed by atoms with van der Waals surface area (Å²) < 4.78 is 28.1. The molecular formula is C45H56N6O11S2. The van der Waals surface area contributed by atoms with Crippen LogP contribution in [0.25, 0.3) is 10.4 Å². The van der Waals surface area contributed by atoms with Crippen molar-refractivity contribution in [3.8, 4) is 16.2 Å². The molecule has 3 amide bonds. The van der Waals surface area contributed by atoms with Crippen molar-refractivity contribution in [1.82, 2.24) is 20.5 Å². The van der Waals surface area contributed by atoms with Gasteiger partial charge in [-0.2, -0.15) is 0 Å². The van der Waals surface area contributed by atoms with Gasteiger partial charge in [0.05, 0.1) is 90.8 Å². The van der Waals surface area contributed by atoms with E-state index in [1.54, 1.807) is 23.5 Å². The van der Waals surface area contributed by atoms with Crippen LogP contribution in [0.1, 0.15) is 51.4 Å². The van der Waals surface area contributed by atoms with Gasteiger partial charge in [-0.3, -0.25) is 24.5 Å². The minimum atomic E-state index is -0.976. The first-order valence-electron chi connectivity index (χ1n) is 21.1. The standard InChI is InChI=1S/C45H56N6O11S2/c1-28(30-6-8-31(9-7-30)41-29(2)46-27-63-41)47-43(54)37-23-33(52)25-50(37)44(55)42(45(3,4)5)49-40(53)26-61-19-18-59-15-14-58-16-17-60-20-21-62-34-11-13-36-39(24-34)64-38-22-32(51(56)57)10-12-35(38)48-36/h6-13,22,24,27-28,33,37,42,48,52H,14-21,23,25-26H2,1-5H3,(H,47,54)(H,49,53)/t28?,33-,37+,42?/m1/s1. The number of nitrogens with zero attached hydrogens (tertiary/aromatic N) is 3. The van der Waals surface area contributed by atoms with Gasteiger partial charge in [0.2, 0.25) is 17.7 Å². The molecule has 4 N–H and O–H groups in total. The first-order chi connectivity index (χ1) is 30.7. The maximum absolute atomic E-state index is 14.0. The van der Waals surface area contributed by atoms with Crippen LogP contribution in [0.3, 0.4) is 0 Å². The number of thiazole rings is 1. The number of anilines is 2. The number of carbonyl (C=O) groups is 3. The smallest absolute Gasteiger partial charge is 0.270 e. The van der Waals surface area contributed by atoms with Gasteiger partial charge < -0.3 is 49.6 Å². The lowest BCUT2D eigenvalue weighted by Gasteiger charge is -2.35. The second-order valence-corrected chi connectivity index (χ2v) is 18.4. The molecule has 3 aromatic carbocycles. The second kappa shape index (κ2) is 22.7. The van der Waals surface area contributed by atoms with Crippen LogP contribution in [0.5, 0.6) is 5.75 Å². The highest BCUT2D eigenvalue weighted by Gasteiger charge is 2.44. The Morgan fingerprint density at radius 1 is 0.906 bits per heavy atom. The summed E-state index contributed by atoms with van der Waals surface area (Å²) in [4.78, 5) is 59.7. The topological polar surface area (TPSA) is 213 Å². The summed E-state index contributed by atoms with van der Waals surface area (Å²) in [6, 6.07) is 16.1. The molecule has 6 rings (SSSR count). The zero-order valence-electron chi connectivity index (χ0n) is 36.6. The summed E-state index contributed by atoms with van der Waals surface area (Å²) in [6.07, 6.45) is -0.798. The number of likely N-dealkylation sites (tertiary alicyclic amines) is 1. The molecule has 0 bridgehead atoms. The Labute approximate surface area is 380 Å². The lowest BCUT2D eigenvalue weighted by atomic mass is 9.85. The molecule has 4 aromatic rings. The molecule has 2 aliphatic heterocycles. The third-order valence-corrected chi connectivity index (χ3v) is 12.6. The van der Waals surface area contributed by atoms with E-state index in [2.05, 4.69) is 20.9 Å². The summed E-state index contributed by atoms with van der Waals surface area (Å²) in [5, 5.41) is 30.8. The molecule has 0 spiro atoms. The van der Waals surface area contributed by atoms with Crippen LogP contribution in [0.15, 0.2) is 76.0 Å². The number of aryl methyl sites for hydroxylation is 1. The Kier molecular flexibility index (Phi) is 17.1. The van der Waals surface area contributed by atoms with E-state index in [1.807, 2.05) is 82.6 Å². The van der Waals surface area contributed by atoms with E-state index < -0.39 is 40.3 Å². The number of amides is 3. The van der Waals surface area contributed by atoms with Crippen LogP contribution in [0.2, 0.25) is 0 Å². The molecule has 0 saturated carbocycles. The van der Waals surface area contributed by atoms with E-state index in [-0.39, 0.29) is 50.4 Å². The van der Waals surface area contributed by atoms with E-state index >= 15 is 0 Å². The van der Waals surface area contributed by atoms with Crippen molar-refractivity contribution in [2.45, 2.75) is 75.1 Å². The molecule has 0 aliphatic carbocycles. The quantitative estimate of drug-likeness (QED) is 0.0354. The number of non-ortho nitro benzene ring substituents is 1. The summed E-state index contributed by atoms with van der Waals surface area (Å²) in [6.45, 7) is 11.4. The fourth-order valence-corrected chi connectivity index (χ4v) is 8.98. The van der Waals surface area contributed by atoms with Gasteiger partial charge in [-0.1, -0.05) is 56.8 Å². The Hall–Kier alpha value is -5.15. The maximum atomic E-state index is 14.0. The van der Waals surface area contributed by atoms with Crippen molar-refractivity contribution < 1.29 is 48.1 Å². The van der Waals surface area contributed by atoms with Crippen LogP contribution >= 0.6 is 23.1 Å². The molecule has 17 nitrogen and oxygen atoms in total. The molecular weight excluding hydrogens is 865 g/mol. The third-order valence-electron chi connectivity index (χ3n) is 10.5. The maximum Gasteiger partial charge on any atom is 0.270 e. The van der Waals surface area contributed by atoms with Crippen molar-refractivity contribution in [2.75, 3.05) is 71.3 Å². The molecule has 1 fully saturated rings. The number of fused-ring (bicyclic) bond motifs is 2. The fourth-order valence-electron chi connectivity index (χ4n) is 7.12. The molecule has 0 radical (unpaired) electrons. The Morgan fingerprint density at radius 3 is 2.16 bits per heavy atom. The first kappa shape index (κ1) is 48.3. The molecule has 2 aliphatic rings. The molecule has 1 aromatic heterocycles. The van der Waals surface area contributed by atoms with Gasteiger partial charge >= 0.3 is 0 Å². The van der Waals surface area contributed by atoms with E-state index in [4.69, 9.17) is 23.7 Å². The van der Waals surface area contributed by atoms with Gasteiger partial charge in [-0.25, -0.2) is 4.98 Å². The molecule has 3 heterocycles. The van der Waals surface area contributed by atoms with Gasteiger partial charge in [0, 0.05) is 34.9 Å². The van der Waals surface area contributed by atoms with E-state index in [1.165, 1.54) is 22.7 Å². The van der Waals surface area contributed by atoms with Crippen molar-refractivity contribution in [1.29, 1.82) is 0 Å². The van der Waals surface area contributed by atoms with Gasteiger partial charge in [0.15, 0.2) is 0 Å². The second-order valence-electron chi connectivity index (χ2n) is 16.4. The molecule has 1 saturated heterocycles. The highest BCUT2D eigenvalue weighted by molar-refractivity contribution is 7.99. The number of nitro benzene ring substituents is 1. The summed E-state index contributed by atoms with van der Waals surface area (Å²) in [7, 11) is 0.